The maximum atomic E-state index is 13.0. The molecule has 2 rings (SSSR count). The van der Waals surface area contributed by atoms with Gasteiger partial charge in [-0.15, -0.1) is 0 Å². The van der Waals surface area contributed by atoms with Crippen molar-refractivity contribution < 1.29 is 13.2 Å². The summed E-state index contributed by atoms with van der Waals surface area (Å²) in [7, 11) is 0. The largest absolute Gasteiger partial charge is 0.461 e. The highest BCUT2D eigenvalue weighted by Gasteiger charge is 2.09. The van der Waals surface area contributed by atoms with Crippen molar-refractivity contribution in [2.24, 2.45) is 5.73 Å². The Morgan fingerprint density at radius 3 is 2.59 bits per heavy atom. The Morgan fingerprint density at radius 1 is 1.18 bits per heavy atom. The van der Waals surface area contributed by atoms with Crippen LogP contribution >= 0.6 is 0 Å². The first kappa shape index (κ1) is 11.8. The molecule has 0 aliphatic carbocycles. The van der Waals surface area contributed by atoms with E-state index < -0.39 is 11.6 Å². The highest BCUT2D eigenvalue weighted by molar-refractivity contribution is 5.57. The van der Waals surface area contributed by atoms with Gasteiger partial charge in [-0.05, 0) is 37.3 Å². The molecule has 2 N–H and O–H groups in total. The Labute approximate surface area is 98.0 Å². The highest BCUT2D eigenvalue weighted by atomic mass is 19.2. The molecule has 0 saturated heterocycles. The first-order chi connectivity index (χ1) is 8.06. The van der Waals surface area contributed by atoms with Gasteiger partial charge >= 0.3 is 0 Å². The second kappa shape index (κ2) is 4.67. The van der Waals surface area contributed by atoms with Crippen molar-refractivity contribution in [2.45, 2.75) is 19.4 Å². The van der Waals surface area contributed by atoms with Crippen molar-refractivity contribution in [1.82, 2.24) is 0 Å². The van der Waals surface area contributed by atoms with Gasteiger partial charge < -0.3 is 10.2 Å². The zero-order valence-corrected chi connectivity index (χ0v) is 9.41. The molecule has 17 heavy (non-hydrogen) atoms. The molecule has 90 valence electrons. The number of hydrogen-bond acceptors (Lipinski definition) is 2. The minimum atomic E-state index is -0.882. The first-order valence-corrected chi connectivity index (χ1v) is 5.36. The molecule has 0 spiro atoms. The minimum absolute atomic E-state index is 0.000969. The van der Waals surface area contributed by atoms with Crippen molar-refractivity contribution in [3.63, 3.8) is 0 Å². The molecule has 0 amide bonds. The summed E-state index contributed by atoms with van der Waals surface area (Å²) < 4.78 is 31.3. The molecule has 0 aliphatic heterocycles. The average molecular weight is 237 g/mol. The van der Waals surface area contributed by atoms with Crippen LogP contribution in [0.5, 0.6) is 0 Å². The van der Waals surface area contributed by atoms with Crippen LogP contribution in [-0.4, -0.2) is 6.04 Å². The van der Waals surface area contributed by atoms with Crippen molar-refractivity contribution in [3.8, 4) is 11.3 Å². The third-order valence-electron chi connectivity index (χ3n) is 2.39. The molecule has 1 atom stereocenters. The van der Waals surface area contributed by atoms with E-state index in [0.717, 1.165) is 17.9 Å². The second-order valence-corrected chi connectivity index (χ2v) is 4.08. The van der Waals surface area contributed by atoms with Gasteiger partial charge in [0.25, 0.3) is 0 Å². The number of benzene rings is 1. The van der Waals surface area contributed by atoms with Crippen LogP contribution in [0, 0.1) is 11.6 Å². The van der Waals surface area contributed by atoms with Gasteiger partial charge in [-0.1, -0.05) is 0 Å². The van der Waals surface area contributed by atoms with E-state index in [-0.39, 0.29) is 6.04 Å². The van der Waals surface area contributed by atoms with Gasteiger partial charge in [0.2, 0.25) is 0 Å². The Balaban J connectivity index is 2.27. The lowest BCUT2D eigenvalue weighted by Gasteiger charge is -2.01. The molecule has 0 aliphatic rings. The van der Waals surface area contributed by atoms with E-state index in [1.165, 1.54) is 6.07 Å². The Kier molecular flexibility index (Phi) is 3.24. The summed E-state index contributed by atoms with van der Waals surface area (Å²) in [5.41, 5.74) is 6.16. The smallest absolute Gasteiger partial charge is 0.159 e. The standard InChI is InChI=1S/C13H13F2NO/c1-8(16)6-10-3-5-13(17-10)9-2-4-11(14)12(15)7-9/h2-5,7-8H,6,16H2,1H3. The summed E-state index contributed by atoms with van der Waals surface area (Å²) in [5.74, 6) is -0.497. The fraction of sp³-hybridized carbons (Fsp3) is 0.231. The molecule has 2 aromatic rings. The average Bonchev–Trinajstić information content (AvgIpc) is 2.69. The monoisotopic (exact) mass is 237 g/mol. The second-order valence-electron chi connectivity index (χ2n) is 4.08. The van der Waals surface area contributed by atoms with Gasteiger partial charge in [-0.25, -0.2) is 8.78 Å². The van der Waals surface area contributed by atoms with E-state index in [0.29, 0.717) is 17.7 Å². The lowest BCUT2D eigenvalue weighted by molar-refractivity contribution is 0.497. The van der Waals surface area contributed by atoms with E-state index in [4.69, 9.17) is 10.2 Å². The van der Waals surface area contributed by atoms with Crippen LogP contribution in [0.25, 0.3) is 11.3 Å². The third kappa shape index (κ3) is 2.71. The molecule has 0 bridgehead atoms. The quantitative estimate of drug-likeness (QED) is 0.890. The summed E-state index contributed by atoms with van der Waals surface area (Å²) in [6, 6.07) is 7.19. The van der Waals surface area contributed by atoms with E-state index >= 15 is 0 Å². The molecule has 1 aromatic heterocycles. The number of hydrogen-bond donors (Lipinski definition) is 1. The van der Waals surface area contributed by atoms with Gasteiger partial charge in [0.05, 0.1) is 0 Å². The topological polar surface area (TPSA) is 39.2 Å². The summed E-state index contributed by atoms with van der Waals surface area (Å²) >= 11 is 0. The van der Waals surface area contributed by atoms with Crippen molar-refractivity contribution >= 4 is 0 Å². The van der Waals surface area contributed by atoms with E-state index in [2.05, 4.69) is 0 Å². The summed E-state index contributed by atoms with van der Waals surface area (Å²) in [6.07, 6.45) is 0.615. The van der Waals surface area contributed by atoms with Crippen LogP contribution in [0.1, 0.15) is 12.7 Å². The fourth-order valence-corrected chi connectivity index (χ4v) is 1.61. The first-order valence-electron chi connectivity index (χ1n) is 5.36. The Morgan fingerprint density at radius 2 is 1.94 bits per heavy atom. The van der Waals surface area contributed by atoms with Crippen LogP contribution in [0.3, 0.4) is 0 Å². The van der Waals surface area contributed by atoms with Crippen molar-refractivity contribution in [1.29, 1.82) is 0 Å². The van der Waals surface area contributed by atoms with E-state index in [9.17, 15) is 8.78 Å². The molecule has 2 nitrogen and oxygen atoms in total. The van der Waals surface area contributed by atoms with Gasteiger partial charge in [-0.2, -0.15) is 0 Å². The maximum Gasteiger partial charge on any atom is 0.159 e. The zero-order valence-electron chi connectivity index (χ0n) is 9.41. The van der Waals surface area contributed by atoms with Crippen LogP contribution in [-0.2, 0) is 6.42 Å². The van der Waals surface area contributed by atoms with Gasteiger partial charge in [0.15, 0.2) is 11.6 Å². The fourth-order valence-electron chi connectivity index (χ4n) is 1.61. The molecule has 0 radical (unpaired) electrons. The Hall–Kier alpha value is -1.68. The van der Waals surface area contributed by atoms with Gasteiger partial charge in [0, 0.05) is 18.0 Å². The van der Waals surface area contributed by atoms with Gasteiger partial charge in [-0.3, -0.25) is 0 Å². The summed E-state index contributed by atoms with van der Waals surface area (Å²) in [6.45, 7) is 1.87. The molecule has 1 heterocycles. The van der Waals surface area contributed by atoms with Crippen LogP contribution in [0.4, 0.5) is 8.78 Å². The van der Waals surface area contributed by atoms with Crippen LogP contribution in [0.15, 0.2) is 34.7 Å². The van der Waals surface area contributed by atoms with E-state index in [1.807, 2.05) is 6.92 Å². The van der Waals surface area contributed by atoms with Crippen LogP contribution in [0.2, 0.25) is 0 Å². The minimum Gasteiger partial charge on any atom is -0.461 e. The van der Waals surface area contributed by atoms with Crippen molar-refractivity contribution in [2.75, 3.05) is 0 Å². The molecule has 1 unspecified atom stereocenters. The van der Waals surface area contributed by atoms with Crippen molar-refractivity contribution in [3.05, 3.63) is 47.7 Å². The molecule has 0 saturated carbocycles. The van der Waals surface area contributed by atoms with Gasteiger partial charge in [0.1, 0.15) is 11.5 Å². The number of furan rings is 1. The summed E-state index contributed by atoms with van der Waals surface area (Å²) in [4.78, 5) is 0. The number of nitrogens with two attached hydrogens (primary N) is 1. The molecule has 4 heteroatoms. The zero-order chi connectivity index (χ0) is 12.4. The lowest BCUT2D eigenvalue weighted by Crippen LogP contribution is -2.17. The number of rotatable bonds is 3. The third-order valence-corrected chi connectivity index (χ3v) is 2.39. The predicted octanol–water partition coefficient (Wildman–Crippen LogP) is 3.11. The SMILES string of the molecule is CC(N)Cc1ccc(-c2ccc(F)c(F)c2)o1. The molecular weight excluding hydrogens is 224 g/mol. The normalized spacial score (nSPS) is 12.7. The molecule has 1 aromatic carbocycles. The lowest BCUT2D eigenvalue weighted by atomic mass is 10.1. The predicted molar refractivity (Wildman–Crippen MR) is 61.4 cm³/mol. The molecule has 0 fully saturated rings. The molecular formula is C13H13F2NO. The Bertz CT molecular complexity index is 520. The van der Waals surface area contributed by atoms with E-state index in [1.54, 1.807) is 12.1 Å². The summed E-state index contributed by atoms with van der Waals surface area (Å²) in [5, 5.41) is 0. The number of halogens is 2. The highest BCUT2D eigenvalue weighted by Crippen LogP contribution is 2.24. The maximum absolute atomic E-state index is 13.0. The van der Waals surface area contributed by atoms with Crippen LogP contribution < -0.4 is 5.73 Å².